The molecular formula is C8H16ClNO3. The van der Waals surface area contributed by atoms with Crippen molar-refractivity contribution < 1.29 is 14.3 Å². The molecule has 0 amide bonds. The van der Waals surface area contributed by atoms with E-state index in [-0.39, 0.29) is 24.4 Å². The van der Waals surface area contributed by atoms with Crippen molar-refractivity contribution in [2.75, 3.05) is 20.3 Å². The minimum atomic E-state index is -0.984. The van der Waals surface area contributed by atoms with Gasteiger partial charge in [-0.25, -0.2) is 4.79 Å². The summed E-state index contributed by atoms with van der Waals surface area (Å²) in [6.45, 7) is 4.54. The fraction of sp³-hybridized carbons (Fsp3) is 0.875. The molecule has 13 heavy (non-hydrogen) atoms. The van der Waals surface area contributed by atoms with Gasteiger partial charge in [0.2, 0.25) is 0 Å². The minimum absolute atomic E-state index is 0. The second kappa shape index (κ2) is 3.82. The highest BCUT2D eigenvalue weighted by atomic mass is 35.5. The number of carbonyl (C=O) groups is 1. The Hall–Kier alpha value is -0.320. The van der Waals surface area contributed by atoms with Crippen molar-refractivity contribution >= 4 is 18.4 Å². The lowest BCUT2D eigenvalue weighted by Gasteiger charge is -2.32. The van der Waals surface area contributed by atoms with Crippen LogP contribution in [0.25, 0.3) is 0 Å². The van der Waals surface area contributed by atoms with Gasteiger partial charge in [-0.2, -0.15) is 0 Å². The average Bonchev–Trinajstić information content (AvgIpc) is 2.26. The van der Waals surface area contributed by atoms with E-state index in [0.717, 1.165) is 0 Å². The van der Waals surface area contributed by atoms with Crippen LogP contribution in [0.15, 0.2) is 0 Å². The Morgan fingerprint density at radius 1 is 1.46 bits per heavy atom. The third kappa shape index (κ3) is 1.80. The van der Waals surface area contributed by atoms with Crippen LogP contribution in [0, 0.1) is 5.41 Å². The van der Waals surface area contributed by atoms with Gasteiger partial charge in [-0.05, 0) is 0 Å². The first-order valence-corrected chi connectivity index (χ1v) is 3.89. The summed E-state index contributed by atoms with van der Waals surface area (Å²) in [7, 11) is 1.34. The van der Waals surface area contributed by atoms with E-state index in [1.807, 2.05) is 13.8 Å². The van der Waals surface area contributed by atoms with Gasteiger partial charge in [0.25, 0.3) is 0 Å². The molecule has 1 rings (SSSR count). The van der Waals surface area contributed by atoms with Crippen molar-refractivity contribution in [2.45, 2.75) is 19.4 Å². The molecule has 0 aliphatic carbocycles. The summed E-state index contributed by atoms with van der Waals surface area (Å²) in [5.41, 5.74) is 4.56. The average molecular weight is 210 g/mol. The molecule has 1 saturated heterocycles. The third-order valence-corrected chi connectivity index (χ3v) is 2.55. The second-order valence-electron chi connectivity index (χ2n) is 3.84. The van der Waals surface area contributed by atoms with Crippen molar-refractivity contribution in [3.05, 3.63) is 0 Å². The maximum absolute atomic E-state index is 11.3. The van der Waals surface area contributed by atoms with Crippen LogP contribution >= 0.6 is 12.4 Å². The fourth-order valence-corrected chi connectivity index (χ4v) is 1.31. The van der Waals surface area contributed by atoms with Gasteiger partial charge in [-0.1, -0.05) is 13.8 Å². The lowest BCUT2D eigenvalue weighted by atomic mass is 9.76. The zero-order chi connectivity index (χ0) is 9.41. The van der Waals surface area contributed by atoms with Crippen molar-refractivity contribution in [1.29, 1.82) is 0 Å². The van der Waals surface area contributed by atoms with E-state index in [1.165, 1.54) is 7.11 Å². The molecular weight excluding hydrogens is 194 g/mol. The molecule has 1 unspecified atom stereocenters. The van der Waals surface area contributed by atoms with Crippen LogP contribution < -0.4 is 5.73 Å². The molecule has 0 radical (unpaired) electrons. The maximum Gasteiger partial charge on any atom is 0.328 e. The van der Waals surface area contributed by atoms with Crippen LogP contribution in [0.3, 0.4) is 0 Å². The van der Waals surface area contributed by atoms with Gasteiger partial charge in [0.1, 0.15) is 5.54 Å². The first kappa shape index (κ1) is 12.7. The van der Waals surface area contributed by atoms with E-state index in [1.54, 1.807) is 0 Å². The molecule has 0 aromatic rings. The topological polar surface area (TPSA) is 61.5 Å². The summed E-state index contributed by atoms with van der Waals surface area (Å²) in [6, 6.07) is 0. The number of halogens is 1. The standard InChI is InChI=1S/C8H15NO3.ClH/c1-7(2)4-12-5-8(7,9)6(10)11-3;/h4-5,9H2,1-3H3;1H. The number of ether oxygens (including phenoxy) is 2. The number of carbonyl (C=O) groups excluding carboxylic acids is 1. The summed E-state index contributed by atoms with van der Waals surface area (Å²) in [5.74, 6) is -0.398. The minimum Gasteiger partial charge on any atom is -0.468 e. The Kier molecular flexibility index (Phi) is 3.72. The third-order valence-electron chi connectivity index (χ3n) is 2.55. The largest absolute Gasteiger partial charge is 0.468 e. The Labute approximate surface area is 84.2 Å². The zero-order valence-electron chi connectivity index (χ0n) is 8.12. The van der Waals surface area contributed by atoms with E-state index in [2.05, 4.69) is 4.74 Å². The maximum atomic E-state index is 11.3. The lowest BCUT2D eigenvalue weighted by Crippen LogP contribution is -2.58. The molecule has 78 valence electrons. The Morgan fingerprint density at radius 3 is 2.31 bits per heavy atom. The van der Waals surface area contributed by atoms with Gasteiger partial charge in [0.15, 0.2) is 0 Å². The highest BCUT2D eigenvalue weighted by molar-refractivity contribution is 5.85. The Morgan fingerprint density at radius 2 is 2.00 bits per heavy atom. The lowest BCUT2D eigenvalue weighted by molar-refractivity contribution is -0.150. The number of esters is 1. The molecule has 1 aliphatic rings. The molecule has 0 spiro atoms. The van der Waals surface area contributed by atoms with Crippen molar-refractivity contribution in [3.8, 4) is 0 Å². The Balaban J connectivity index is 0.00000144. The van der Waals surface area contributed by atoms with Crippen LogP contribution in [-0.2, 0) is 14.3 Å². The first-order valence-electron chi connectivity index (χ1n) is 3.89. The SMILES string of the molecule is COC(=O)C1(N)COCC1(C)C.Cl. The van der Waals surface area contributed by atoms with Gasteiger partial charge in [-0.15, -0.1) is 12.4 Å². The summed E-state index contributed by atoms with van der Waals surface area (Å²) in [5, 5.41) is 0. The quantitative estimate of drug-likeness (QED) is 0.633. The number of nitrogens with two attached hydrogens (primary N) is 1. The molecule has 1 aliphatic heterocycles. The van der Waals surface area contributed by atoms with Gasteiger partial charge < -0.3 is 15.2 Å². The van der Waals surface area contributed by atoms with Crippen molar-refractivity contribution in [3.63, 3.8) is 0 Å². The Bertz CT molecular complexity index is 208. The van der Waals surface area contributed by atoms with E-state index in [9.17, 15) is 4.79 Å². The molecule has 0 bridgehead atoms. The predicted octanol–water partition coefficient (Wildman–Crippen LogP) is 0.335. The molecule has 4 nitrogen and oxygen atoms in total. The van der Waals surface area contributed by atoms with Gasteiger partial charge in [0, 0.05) is 5.41 Å². The van der Waals surface area contributed by atoms with Crippen LogP contribution in [0.1, 0.15) is 13.8 Å². The van der Waals surface area contributed by atoms with E-state index >= 15 is 0 Å². The van der Waals surface area contributed by atoms with Crippen LogP contribution in [-0.4, -0.2) is 31.8 Å². The molecule has 5 heteroatoms. The van der Waals surface area contributed by atoms with E-state index in [4.69, 9.17) is 10.5 Å². The summed E-state index contributed by atoms with van der Waals surface area (Å²) >= 11 is 0. The second-order valence-corrected chi connectivity index (χ2v) is 3.84. The van der Waals surface area contributed by atoms with Crippen LogP contribution in [0.5, 0.6) is 0 Å². The van der Waals surface area contributed by atoms with Crippen molar-refractivity contribution in [1.82, 2.24) is 0 Å². The zero-order valence-corrected chi connectivity index (χ0v) is 8.94. The summed E-state index contributed by atoms with van der Waals surface area (Å²) in [6.07, 6.45) is 0. The van der Waals surface area contributed by atoms with E-state index in [0.29, 0.717) is 6.61 Å². The summed E-state index contributed by atoms with van der Waals surface area (Å²) in [4.78, 5) is 11.3. The van der Waals surface area contributed by atoms with Gasteiger partial charge in [-0.3, -0.25) is 0 Å². The predicted molar refractivity (Wildman–Crippen MR) is 50.8 cm³/mol. The molecule has 1 fully saturated rings. The van der Waals surface area contributed by atoms with Crippen LogP contribution in [0.2, 0.25) is 0 Å². The number of rotatable bonds is 1. The monoisotopic (exact) mass is 209 g/mol. The normalized spacial score (nSPS) is 30.8. The number of hydrogen-bond acceptors (Lipinski definition) is 4. The molecule has 0 saturated carbocycles. The molecule has 0 aromatic heterocycles. The first-order chi connectivity index (χ1) is 5.44. The highest BCUT2D eigenvalue weighted by Crippen LogP contribution is 2.35. The van der Waals surface area contributed by atoms with Crippen molar-refractivity contribution in [2.24, 2.45) is 11.1 Å². The number of methoxy groups -OCH3 is 1. The van der Waals surface area contributed by atoms with Gasteiger partial charge in [0.05, 0.1) is 20.3 Å². The molecule has 1 heterocycles. The summed E-state index contributed by atoms with van der Waals surface area (Å²) < 4.78 is 9.80. The molecule has 1 atom stereocenters. The van der Waals surface area contributed by atoms with E-state index < -0.39 is 11.5 Å². The smallest absolute Gasteiger partial charge is 0.328 e. The highest BCUT2D eigenvalue weighted by Gasteiger charge is 2.53. The van der Waals surface area contributed by atoms with Crippen LogP contribution in [0.4, 0.5) is 0 Å². The van der Waals surface area contributed by atoms with Gasteiger partial charge >= 0.3 is 5.97 Å². The molecule has 0 aromatic carbocycles. The number of hydrogen-bond donors (Lipinski definition) is 1. The fourth-order valence-electron chi connectivity index (χ4n) is 1.31. The molecule has 2 N–H and O–H groups in total.